The number of anilines is 1. The van der Waals surface area contributed by atoms with E-state index in [0.29, 0.717) is 6.42 Å². The first-order valence-electron chi connectivity index (χ1n) is 6.80. The Morgan fingerprint density at radius 3 is 2.75 bits per heavy atom. The summed E-state index contributed by atoms with van der Waals surface area (Å²) in [4.78, 5) is 18.8. The fourth-order valence-electron chi connectivity index (χ4n) is 2.37. The van der Waals surface area contributed by atoms with Crippen molar-refractivity contribution in [3.05, 3.63) is 46.4 Å². The molecule has 0 atom stereocenters. The Balaban J connectivity index is 1.54. The molecule has 104 valence electrons. The second-order valence-corrected chi connectivity index (χ2v) is 5.86. The van der Waals surface area contributed by atoms with E-state index in [9.17, 15) is 4.79 Å². The molecular weight excluding hydrogens is 270 g/mol. The molecule has 0 saturated carbocycles. The van der Waals surface area contributed by atoms with Crippen molar-refractivity contribution in [1.29, 1.82) is 0 Å². The van der Waals surface area contributed by atoms with E-state index in [2.05, 4.69) is 22.4 Å². The van der Waals surface area contributed by atoms with Crippen LogP contribution in [0.3, 0.4) is 0 Å². The molecule has 0 radical (unpaired) electrons. The highest BCUT2D eigenvalue weighted by Crippen LogP contribution is 2.21. The van der Waals surface area contributed by atoms with Gasteiger partial charge in [-0.2, -0.15) is 0 Å². The lowest BCUT2D eigenvalue weighted by molar-refractivity contribution is -0.117. The van der Waals surface area contributed by atoms with Gasteiger partial charge >= 0.3 is 0 Å². The Morgan fingerprint density at radius 2 is 2.10 bits per heavy atom. The Hall–Kier alpha value is -1.72. The summed E-state index contributed by atoms with van der Waals surface area (Å²) in [7, 11) is 0. The maximum absolute atomic E-state index is 11.7. The second-order valence-electron chi connectivity index (χ2n) is 4.89. The molecule has 4 nitrogen and oxygen atoms in total. The number of benzene rings is 1. The topological polar surface area (TPSA) is 45.2 Å². The van der Waals surface area contributed by atoms with Crippen molar-refractivity contribution in [2.75, 3.05) is 11.4 Å². The van der Waals surface area contributed by atoms with Crippen LogP contribution in [-0.4, -0.2) is 17.4 Å². The van der Waals surface area contributed by atoms with Crippen molar-refractivity contribution in [2.45, 2.75) is 25.9 Å². The molecular formula is C15H17N3OS. The molecule has 0 spiro atoms. The molecule has 1 fully saturated rings. The number of amides is 1. The summed E-state index contributed by atoms with van der Waals surface area (Å²) >= 11 is 1.66. The van der Waals surface area contributed by atoms with Crippen molar-refractivity contribution < 1.29 is 4.79 Å². The van der Waals surface area contributed by atoms with E-state index >= 15 is 0 Å². The van der Waals surface area contributed by atoms with Crippen molar-refractivity contribution in [2.24, 2.45) is 0 Å². The zero-order valence-corrected chi connectivity index (χ0v) is 12.0. The van der Waals surface area contributed by atoms with E-state index in [1.54, 1.807) is 11.3 Å². The van der Waals surface area contributed by atoms with Gasteiger partial charge in [-0.05, 0) is 24.1 Å². The van der Waals surface area contributed by atoms with Crippen LogP contribution in [0.25, 0.3) is 0 Å². The van der Waals surface area contributed by atoms with Crippen LogP contribution >= 0.6 is 11.3 Å². The monoisotopic (exact) mass is 287 g/mol. The number of nitrogens with one attached hydrogen (secondary N) is 1. The number of thiazole rings is 1. The molecule has 0 bridgehead atoms. The standard InChI is InChI=1S/C15H17N3OS/c19-15-2-1-7-18(15)13-5-3-12(4-6-13)8-16-9-14-10-17-11-20-14/h3-6,10-11,16H,1-2,7-9H2. The summed E-state index contributed by atoms with van der Waals surface area (Å²) in [6, 6.07) is 8.24. The average Bonchev–Trinajstić information content (AvgIpc) is 3.11. The highest BCUT2D eigenvalue weighted by atomic mass is 32.1. The minimum Gasteiger partial charge on any atom is -0.312 e. The lowest BCUT2D eigenvalue weighted by atomic mass is 10.2. The molecule has 5 heteroatoms. The van der Waals surface area contributed by atoms with E-state index < -0.39 is 0 Å². The fraction of sp³-hybridized carbons (Fsp3) is 0.333. The fourth-order valence-corrected chi connectivity index (χ4v) is 2.94. The minimum atomic E-state index is 0.237. The predicted octanol–water partition coefficient (Wildman–Crippen LogP) is 2.56. The van der Waals surface area contributed by atoms with E-state index in [-0.39, 0.29) is 5.91 Å². The quantitative estimate of drug-likeness (QED) is 0.919. The molecule has 2 heterocycles. The number of hydrogen-bond donors (Lipinski definition) is 1. The Morgan fingerprint density at radius 1 is 1.25 bits per heavy atom. The maximum Gasteiger partial charge on any atom is 0.227 e. The van der Waals surface area contributed by atoms with Crippen LogP contribution < -0.4 is 10.2 Å². The van der Waals surface area contributed by atoms with Gasteiger partial charge in [0.15, 0.2) is 0 Å². The normalized spacial score (nSPS) is 15.0. The van der Waals surface area contributed by atoms with Gasteiger partial charge in [-0.3, -0.25) is 9.78 Å². The van der Waals surface area contributed by atoms with E-state index in [1.807, 2.05) is 28.7 Å². The van der Waals surface area contributed by atoms with Crippen molar-refractivity contribution >= 4 is 22.9 Å². The van der Waals surface area contributed by atoms with Crippen molar-refractivity contribution in [3.63, 3.8) is 0 Å². The van der Waals surface area contributed by atoms with Crippen molar-refractivity contribution in [3.8, 4) is 0 Å². The summed E-state index contributed by atoms with van der Waals surface area (Å²) in [6.45, 7) is 2.52. The molecule has 1 aromatic heterocycles. The molecule has 1 aliphatic heterocycles. The molecule has 1 N–H and O–H groups in total. The van der Waals surface area contributed by atoms with Crippen LogP contribution in [0.4, 0.5) is 5.69 Å². The Bertz CT molecular complexity index is 565. The third kappa shape index (κ3) is 3.05. The molecule has 1 saturated heterocycles. The molecule has 3 rings (SSSR count). The van der Waals surface area contributed by atoms with Gasteiger partial charge in [0.2, 0.25) is 5.91 Å². The number of carbonyl (C=O) groups is 1. The van der Waals surface area contributed by atoms with Gasteiger partial charge in [0.25, 0.3) is 0 Å². The molecule has 1 aromatic carbocycles. The zero-order valence-electron chi connectivity index (χ0n) is 11.2. The highest BCUT2D eigenvalue weighted by Gasteiger charge is 2.21. The summed E-state index contributed by atoms with van der Waals surface area (Å²) in [5, 5.41) is 3.39. The molecule has 20 heavy (non-hydrogen) atoms. The van der Waals surface area contributed by atoms with Gasteiger partial charge in [-0.1, -0.05) is 12.1 Å². The van der Waals surface area contributed by atoms with Crippen LogP contribution in [0.5, 0.6) is 0 Å². The number of carbonyl (C=O) groups excluding carboxylic acids is 1. The first-order chi connectivity index (χ1) is 9.83. The first-order valence-corrected chi connectivity index (χ1v) is 7.68. The van der Waals surface area contributed by atoms with Gasteiger partial charge < -0.3 is 10.2 Å². The number of rotatable bonds is 5. The summed E-state index contributed by atoms with van der Waals surface area (Å²) in [5.74, 6) is 0.237. The Kier molecular flexibility index (Phi) is 4.08. The third-order valence-electron chi connectivity index (χ3n) is 3.43. The van der Waals surface area contributed by atoms with E-state index in [0.717, 1.165) is 31.7 Å². The predicted molar refractivity (Wildman–Crippen MR) is 80.7 cm³/mol. The molecule has 0 aliphatic carbocycles. The van der Waals surface area contributed by atoms with E-state index in [1.165, 1.54) is 10.4 Å². The lowest BCUT2D eigenvalue weighted by Gasteiger charge is -2.16. The van der Waals surface area contributed by atoms with Gasteiger partial charge in [0.05, 0.1) is 5.51 Å². The first kappa shape index (κ1) is 13.3. The lowest BCUT2D eigenvalue weighted by Crippen LogP contribution is -2.23. The van der Waals surface area contributed by atoms with E-state index in [4.69, 9.17) is 0 Å². The largest absolute Gasteiger partial charge is 0.312 e. The number of aromatic nitrogens is 1. The van der Waals surface area contributed by atoms with Gasteiger partial charge in [0, 0.05) is 42.8 Å². The molecule has 1 aliphatic rings. The van der Waals surface area contributed by atoms with Crippen LogP contribution in [0.2, 0.25) is 0 Å². The van der Waals surface area contributed by atoms with Crippen LogP contribution in [0.1, 0.15) is 23.3 Å². The SMILES string of the molecule is O=C1CCCN1c1ccc(CNCc2cncs2)cc1. The minimum absolute atomic E-state index is 0.237. The van der Waals surface area contributed by atoms with Crippen LogP contribution in [0, 0.1) is 0 Å². The molecule has 1 amide bonds. The van der Waals surface area contributed by atoms with Gasteiger partial charge in [-0.25, -0.2) is 0 Å². The number of hydrogen-bond acceptors (Lipinski definition) is 4. The molecule has 0 unspecified atom stereocenters. The smallest absolute Gasteiger partial charge is 0.227 e. The summed E-state index contributed by atoms with van der Waals surface area (Å²) < 4.78 is 0. The zero-order chi connectivity index (χ0) is 13.8. The van der Waals surface area contributed by atoms with Crippen LogP contribution in [0.15, 0.2) is 36.0 Å². The Labute approximate surface area is 122 Å². The maximum atomic E-state index is 11.7. The third-order valence-corrected chi connectivity index (χ3v) is 4.21. The second kappa shape index (κ2) is 6.15. The number of nitrogens with zero attached hydrogens (tertiary/aromatic N) is 2. The molecule has 2 aromatic rings. The summed E-state index contributed by atoms with van der Waals surface area (Å²) in [6.07, 6.45) is 3.54. The summed E-state index contributed by atoms with van der Waals surface area (Å²) in [5.41, 5.74) is 4.09. The average molecular weight is 287 g/mol. The van der Waals surface area contributed by atoms with Gasteiger partial charge in [0.1, 0.15) is 0 Å². The van der Waals surface area contributed by atoms with Crippen molar-refractivity contribution in [1.82, 2.24) is 10.3 Å². The highest BCUT2D eigenvalue weighted by molar-refractivity contribution is 7.09. The van der Waals surface area contributed by atoms with Crippen LogP contribution in [-0.2, 0) is 17.9 Å². The van der Waals surface area contributed by atoms with Gasteiger partial charge in [-0.15, -0.1) is 11.3 Å².